The van der Waals surface area contributed by atoms with Gasteiger partial charge in [-0.3, -0.25) is 5.43 Å². The quantitative estimate of drug-likeness (QED) is 0.552. The maximum Gasteiger partial charge on any atom is 0.433 e. The van der Waals surface area contributed by atoms with Crippen molar-refractivity contribution in [3.63, 3.8) is 0 Å². The van der Waals surface area contributed by atoms with E-state index in [-0.39, 0.29) is 16.9 Å². The Morgan fingerprint density at radius 1 is 1.04 bits per heavy atom. The maximum absolute atomic E-state index is 13.2. The van der Waals surface area contributed by atoms with E-state index in [1.807, 2.05) is 51.1 Å². The lowest BCUT2D eigenvalue weighted by Crippen LogP contribution is -2.13. The van der Waals surface area contributed by atoms with Gasteiger partial charge in [0.15, 0.2) is 17.2 Å². The first-order valence-corrected chi connectivity index (χ1v) is 7.97. The second kappa shape index (κ2) is 6.44. The molecule has 136 valence electrons. The fourth-order valence-electron chi connectivity index (χ4n) is 2.28. The molecule has 0 saturated heterocycles. The highest BCUT2D eigenvalue weighted by Crippen LogP contribution is 2.31. The minimum atomic E-state index is -4.56. The van der Waals surface area contributed by atoms with Gasteiger partial charge in [0.05, 0.1) is 11.9 Å². The number of benzene rings is 1. The summed E-state index contributed by atoms with van der Waals surface area (Å²) in [5, 5.41) is 8.41. The summed E-state index contributed by atoms with van der Waals surface area (Å²) >= 11 is 0. The zero-order valence-electron chi connectivity index (χ0n) is 14.5. The van der Waals surface area contributed by atoms with Gasteiger partial charge < -0.3 is 0 Å². The molecule has 3 aromatic rings. The number of hydrazone groups is 1. The summed E-state index contributed by atoms with van der Waals surface area (Å²) in [6.45, 7) is 5.79. The van der Waals surface area contributed by atoms with Gasteiger partial charge in [-0.2, -0.15) is 27.9 Å². The Morgan fingerprint density at radius 2 is 1.73 bits per heavy atom. The number of aromatic nitrogens is 3. The van der Waals surface area contributed by atoms with Gasteiger partial charge in [0.25, 0.3) is 0 Å². The van der Waals surface area contributed by atoms with E-state index < -0.39 is 11.9 Å². The number of halogens is 3. The molecule has 1 N–H and O–H groups in total. The molecule has 8 heteroatoms. The first kappa shape index (κ1) is 17.9. The SMILES string of the molecule is CC(C)(C)c1cc2nc(C(F)(F)F)cc(NN=Cc3ccccc3)n2n1. The first-order chi connectivity index (χ1) is 12.1. The standard InChI is InChI=1S/C18H18F3N5/c1-17(2,3)13-9-15-23-14(18(19,20)21)10-16(26(15)25-13)24-22-11-12-7-5-4-6-8-12/h4-11,24H,1-3H3. The van der Waals surface area contributed by atoms with E-state index in [0.29, 0.717) is 5.69 Å². The fraction of sp³-hybridized carbons (Fsp3) is 0.278. The molecule has 0 unspecified atom stereocenters. The second-order valence-corrected chi connectivity index (χ2v) is 6.85. The topological polar surface area (TPSA) is 54.6 Å². The Balaban J connectivity index is 2.03. The summed E-state index contributed by atoms with van der Waals surface area (Å²) < 4.78 is 40.8. The van der Waals surface area contributed by atoms with Crippen molar-refractivity contribution >= 4 is 17.7 Å². The van der Waals surface area contributed by atoms with E-state index in [0.717, 1.165) is 11.6 Å². The minimum Gasteiger partial charge on any atom is -0.261 e. The van der Waals surface area contributed by atoms with E-state index in [1.54, 1.807) is 6.07 Å². The number of fused-ring (bicyclic) bond motifs is 1. The van der Waals surface area contributed by atoms with Crippen LogP contribution in [0.1, 0.15) is 37.7 Å². The number of anilines is 1. The van der Waals surface area contributed by atoms with Gasteiger partial charge in [-0.1, -0.05) is 51.1 Å². The fourth-order valence-corrected chi connectivity index (χ4v) is 2.28. The Morgan fingerprint density at radius 3 is 2.35 bits per heavy atom. The van der Waals surface area contributed by atoms with E-state index in [1.165, 1.54) is 10.7 Å². The summed E-state index contributed by atoms with van der Waals surface area (Å²) in [6, 6.07) is 11.7. The Hall–Kier alpha value is -2.90. The minimum absolute atomic E-state index is 0.0880. The monoisotopic (exact) mass is 361 g/mol. The van der Waals surface area contributed by atoms with E-state index in [2.05, 4.69) is 20.6 Å². The molecule has 0 radical (unpaired) electrons. The van der Waals surface area contributed by atoms with Crippen molar-refractivity contribution in [2.45, 2.75) is 32.4 Å². The third-order valence-corrected chi connectivity index (χ3v) is 3.68. The molecule has 0 amide bonds. The molecule has 2 heterocycles. The summed E-state index contributed by atoms with van der Waals surface area (Å²) in [4.78, 5) is 3.69. The van der Waals surface area contributed by atoms with Crippen molar-refractivity contribution in [2.75, 3.05) is 5.43 Å². The third-order valence-electron chi connectivity index (χ3n) is 3.68. The molecule has 0 fully saturated rings. The number of rotatable bonds is 3. The van der Waals surface area contributed by atoms with Crippen LogP contribution >= 0.6 is 0 Å². The van der Waals surface area contributed by atoms with E-state index >= 15 is 0 Å². The molecule has 1 aromatic carbocycles. The lowest BCUT2D eigenvalue weighted by atomic mass is 9.93. The van der Waals surface area contributed by atoms with Crippen LogP contribution in [0.3, 0.4) is 0 Å². The van der Waals surface area contributed by atoms with Crippen LogP contribution in [0.4, 0.5) is 19.0 Å². The zero-order valence-corrected chi connectivity index (χ0v) is 14.5. The van der Waals surface area contributed by atoms with Crippen molar-refractivity contribution in [3.05, 3.63) is 59.4 Å². The molecule has 26 heavy (non-hydrogen) atoms. The molecular weight excluding hydrogens is 343 g/mol. The maximum atomic E-state index is 13.2. The average molecular weight is 361 g/mol. The van der Waals surface area contributed by atoms with Gasteiger partial charge in [-0.05, 0) is 5.56 Å². The summed E-state index contributed by atoms with van der Waals surface area (Å²) in [5.41, 5.74) is 2.89. The van der Waals surface area contributed by atoms with E-state index in [4.69, 9.17) is 0 Å². The summed E-state index contributed by atoms with van der Waals surface area (Å²) in [7, 11) is 0. The molecule has 3 rings (SSSR count). The van der Waals surface area contributed by atoms with Crippen molar-refractivity contribution in [1.29, 1.82) is 0 Å². The van der Waals surface area contributed by atoms with Crippen LogP contribution in [0, 0.1) is 0 Å². The smallest absolute Gasteiger partial charge is 0.261 e. The van der Waals surface area contributed by atoms with Gasteiger partial charge >= 0.3 is 6.18 Å². The Kier molecular flexibility index (Phi) is 4.43. The third kappa shape index (κ3) is 3.84. The van der Waals surface area contributed by atoms with Crippen LogP contribution in [-0.4, -0.2) is 20.8 Å². The molecule has 0 atom stereocenters. The molecule has 5 nitrogen and oxygen atoms in total. The summed E-state index contributed by atoms with van der Waals surface area (Å²) in [6.07, 6.45) is -3.04. The zero-order chi connectivity index (χ0) is 18.9. The molecule has 0 bridgehead atoms. The normalized spacial score (nSPS) is 12.8. The van der Waals surface area contributed by atoms with Gasteiger partial charge in [-0.25, -0.2) is 4.98 Å². The van der Waals surface area contributed by atoms with Crippen molar-refractivity contribution in [1.82, 2.24) is 14.6 Å². The first-order valence-electron chi connectivity index (χ1n) is 7.97. The molecule has 0 saturated carbocycles. The lowest BCUT2D eigenvalue weighted by Gasteiger charge is -2.13. The van der Waals surface area contributed by atoms with Crippen molar-refractivity contribution < 1.29 is 13.2 Å². The van der Waals surface area contributed by atoms with Gasteiger partial charge in [0.1, 0.15) is 0 Å². The van der Waals surface area contributed by atoms with Gasteiger partial charge in [-0.15, -0.1) is 0 Å². The molecule has 0 aliphatic carbocycles. The second-order valence-electron chi connectivity index (χ2n) is 6.85. The molecule has 0 aliphatic rings. The van der Waals surface area contributed by atoms with Crippen LogP contribution in [-0.2, 0) is 11.6 Å². The highest BCUT2D eigenvalue weighted by atomic mass is 19.4. The number of nitrogens with zero attached hydrogens (tertiary/aromatic N) is 4. The van der Waals surface area contributed by atoms with Crippen LogP contribution in [0.15, 0.2) is 47.6 Å². The summed E-state index contributed by atoms with van der Waals surface area (Å²) in [5.74, 6) is 0.0880. The van der Waals surface area contributed by atoms with Gasteiger partial charge in [0, 0.05) is 17.5 Å². The van der Waals surface area contributed by atoms with Crippen LogP contribution in [0.5, 0.6) is 0 Å². The van der Waals surface area contributed by atoms with Crippen molar-refractivity contribution in [3.8, 4) is 0 Å². The van der Waals surface area contributed by atoms with E-state index in [9.17, 15) is 13.2 Å². The van der Waals surface area contributed by atoms with Crippen LogP contribution < -0.4 is 5.43 Å². The number of hydrogen-bond donors (Lipinski definition) is 1. The molecule has 0 spiro atoms. The predicted octanol–water partition coefficient (Wildman–Crippen LogP) is 4.49. The lowest BCUT2D eigenvalue weighted by molar-refractivity contribution is -0.141. The largest absolute Gasteiger partial charge is 0.433 e. The molecule has 2 aromatic heterocycles. The molecular formula is C18H18F3N5. The van der Waals surface area contributed by atoms with Crippen molar-refractivity contribution in [2.24, 2.45) is 5.10 Å². The van der Waals surface area contributed by atoms with Crippen LogP contribution in [0.25, 0.3) is 5.65 Å². The van der Waals surface area contributed by atoms with Gasteiger partial charge in [0.2, 0.25) is 0 Å². The highest BCUT2D eigenvalue weighted by Gasteiger charge is 2.34. The number of nitrogens with one attached hydrogen (secondary N) is 1. The number of hydrogen-bond acceptors (Lipinski definition) is 4. The average Bonchev–Trinajstić information content (AvgIpc) is 2.99. The molecule has 0 aliphatic heterocycles. The Labute approximate surface area is 148 Å². The highest BCUT2D eigenvalue weighted by molar-refractivity contribution is 5.80. The Bertz CT molecular complexity index is 937. The number of alkyl halides is 3. The van der Waals surface area contributed by atoms with Crippen LogP contribution in [0.2, 0.25) is 0 Å². The predicted molar refractivity (Wildman–Crippen MR) is 94.3 cm³/mol.